The van der Waals surface area contributed by atoms with Crippen molar-refractivity contribution in [3.8, 4) is 5.75 Å². The Labute approximate surface area is 160 Å². The van der Waals surface area contributed by atoms with Crippen molar-refractivity contribution < 1.29 is 13.3 Å². The van der Waals surface area contributed by atoms with Gasteiger partial charge in [-0.25, -0.2) is 10.1 Å². The fourth-order valence-corrected chi connectivity index (χ4v) is 5.45. The van der Waals surface area contributed by atoms with Crippen molar-refractivity contribution in [3.05, 3.63) is 39.4 Å². The number of rotatable bonds is 5. The summed E-state index contributed by atoms with van der Waals surface area (Å²) in [5.41, 5.74) is 2.39. The number of benzene rings is 1. The molecule has 2 aliphatic carbocycles. The molecule has 5 nitrogen and oxygen atoms in total. The van der Waals surface area contributed by atoms with Crippen LogP contribution >= 0.6 is 12.2 Å². The van der Waals surface area contributed by atoms with Crippen molar-refractivity contribution in [2.75, 3.05) is 0 Å². The number of aryl methyl sites for hydroxylation is 1. The van der Waals surface area contributed by atoms with Crippen molar-refractivity contribution in [3.63, 3.8) is 0 Å². The maximum Gasteiger partial charge on any atom is 0.468 e. The van der Waals surface area contributed by atoms with Crippen LogP contribution in [0.15, 0.2) is 18.2 Å². The van der Waals surface area contributed by atoms with Gasteiger partial charge in [-0.1, -0.05) is 33.8 Å². The number of nitrogens with zero attached hydrogens (tertiary/aromatic N) is 1. The molecule has 0 radical (unpaired) electrons. The van der Waals surface area contributed by atoms with Crippen molar-refractivity contribution >= 4 is 18.0 Å². The maximum atomic E-state index is 12.3. The Kier molecular flexibility index (Phi) is 6.37. The van der Waals surface area contributed by atoms with Gasteiger partial charge >= 0.3 is 12.2 Å². The number of nitro groups is 1. The third-order valence-corrected chi connectivity index (χ3v) is 6.91. The first kappa shape index (κ1) is 20.7. The Balaban J connectivity index is 0.00000243. The molecule has 0 bridgehead atoms. The minimum Gasteiger partial charge on any atom is -0.366 e. The van der Waals surface area contributed by atoms with E-state index in [2.05, 4.69) is 19.9 Å². The number of carbonyl (C=O) groups is 1. The zero-order valence-corrected chi connectivity index (χ0v) is 15.8. The van der Waals surface area contributed by atoms with E-state index in [1.165, 1.54) is 11.1 Å². The van der Waals surface area contributed by atoms with E-state index in [4.69, 9.17) is 4.18 Å². The van der Waals surface area contributed by atoms with E-state index in [1.807, 2.05) is 12.1 Å². The van der Waals surface area contributed by atoms with Crippen LogP contribution in [0.3, 0.4) is 0 Å². The molecule has 6 heteroatoms. The van der Waals surface area contributed by atoms with E-state index in [9.17, 15) is 14.9 Å². The summed E-state index contributed by atoms with van der Waals surface area (Å²) in [7, 11) is 0. The molecular weight excluding hydrogens is 350 g/mol. The van der Waals surface area contributed by atoms with Gasteiger partial charge in [-0.2, -0.15) is 0 Å². The van der Waals surface area contributed by atoms with E-state index in [-0.39, 0.29) is 25.1 Å². The first-order valence-corrected chi connectivity index (χ1v) is 9.69. The fraction of sp³-hybridized carbons (Fsp3) is 0.650. The smallest absolute Gasteiger partial charge is 0.366 e. The zero-order chi connectivity index (χ0) is 18.2. The van der Waals surface area contributed by atoms with Gasteiger partial charge in [0.2, 0.25) is 0 Å². The summed E-state index contributed by atoms with van der Waals surface area (Å²) < 4.78 is 4.60. The van der Waals surface area contributed by atoms with E-state index in [0.717, 1.165) is 32.1 Å². The van der Waals surface area contributed by atoms with Crippen LogP contribution in [-0.4, -0.2) is 10.1 Å². The predicted molar refractivity (Wildman–Crippen MR) is 105 cm³/mol. The Morgan fingerprint density at radius 2 is 2.15 bits per heavy atom. The number of fused-ring (bicyclic) bond motifs is 3. The van der Waals surface area contributed by atoms with Gasteiger partial charge in [-0.3, -0.25) is 4.79 Å². The molecule has 2 aliphatic rings. The highest BCUT2D eigenvalue weighted by Gasteiger charge is 2.49. The number of Topliss-reactive ketones (excluding diaryl/α,β-unsaturated/α-hetero) is 1. The summed E-state index contributed by atoms with van der Waals surface area (Å²) in [6, 6.07) is 5.85. The van der Waals surface area contributed by atoms with Gasteiger partial charge < -0.3 is 4.18 Å². The maximum absolute atomic E-state index is 12.3. The molecule has 1 fully saturated rings. The third-order valence-electron chi connectivity index (χ3n) is 6.53. The normalized spacial score (nSPS) is 29.7. The summed E-state index contributed by atoms with van der Waals surface area (Å²) in [5, 5.41) is 10.5. The SMILES string of the molecule is C.CCC1C2CCc3cc(OS[N+](=O)[O-])ccc3C2CCC1(C)C(C)=O. The van der Waals surface area contributed by atoms with Gasteiger partial charge in [-0.05, 0) is 73.6 Å². The Morgan fingerprint density at radius 1 is 1.42 bits per heavy atom. The lowest BCUT2D eigenvalue weighted by Gasteiger charge is -2.50. The van der Waals surface area contributed by atoms with Gasteiger partial charge in [0.1, 0.15) is 15.9 Å². The molecule has 0 saturated heterocycles. The summed E-state index contributed by atoms with van der Waals surface area (Å²) >= 11 is 0.249. The lowest BCUT2D eigenvalue weighted by Crippen LogP contribution is -2.46. The largest absolute Gasteiger partial charge is 0.468 e. The molecule has 1 aromatic rings. The lowest BCUT2D eigenvalue weighted by molar-refractivity contribution is -0.291. The minimum atomic E-state index is -0.551. The average molecular weight is 380 g/mol. The van der Waals surface area contributed by atoms with Crippen molar-refractivity contribution in [2.24, 2.45) is 17.3 Å². The number of hydrogen-bond acceptors (Lipinski definition) is 5. The number of ketones is 1. The molecule has 1 aromatic carbocycles. The fourth-order valence-electron chi connectivity index (χ4n) is 5.19. The summed E-state index contributed by atoms with van der Waals surface area (Å²) in [4.78, 5) is 22.8. The van der Waals surface area contributed by atoms with Crippen molar-refractivity contribution in [2.45, 2.75) is 66.2 Å². The van der Waals surface area contributed by atoms with Gasteiger partial charge in [0.25, 0.3) is 0 Å². The van der Waals surface area contributed by atoms with Crippen LogP contribution < -0.4 is 4.18 Å². The van der Waals surface area contributed by atoms with Crippen LogP contribution in [-0.2, 0) is 11.2 Å². The monoisotopic (exact) mass is 379 g/mol. The zero-order valence-electron chi connectivity index (χ0n) is 15.0. The highest BCUT2D eigenvalue weighted by Crippen LogP contribution is 2.56. The standard InChI is InChI=1S/C19H25NO4S.CH4/c1-4-18-17-7-5-13-11-14(24-25-20(22)23)6-8-15(13)16(17)9-10-19(18,3)12(2)21;/h6,8,11,16-18H,4-5,7,9-10H2,1-3H3;1H4. The molecule has 0 spiro atoms. The van der Waals surface area contributed by atoms with Crippen molar-refractivity contribution in [1.29, 1.82) is 0 Å². The first-order valence-electron chi connectivity index (χ1n) is 8.99. The summed E-state index contributed by atoms with van der Waals surface area (Å²) in [5.74, 6) is 2.32. The van der Waals surface area contributed by atoms with Crippen molar-refractivity contribution in [1.82, 2.24) is 0 Å². The van der Waals surface area contributed by atoms with E-state index < -0.39 is 4.33 Å². The summed E-state index contributed by atoms with van der Waals surface area (Å²) in [6.07, 6.45) is 5.03. The summed E-state index contributed by atoms with van der Waals surface area (Å²) in [6.45, 7) is 6.10. The minimum absolute atomic E-state index is 0. The first-order chi connectivity index (χ1) is 11.9. The molecule has 3 rings (SSSR count). The quantitative estimate of drug-likeness (QED) is 0.288. The molecule has 4 unspecified atom stereocenters. The molecule has 4 atom stereocenters. The molecule has 0 heterocycles. The van der Waals surface area contributed by atoms with Crippen LogP contribution in [0.1, 0.15) is 70.9 Å². The van der Waals surface area contributed by atoms with E-state index in [0.29, 0.717) is 29.3 Å². The Morgan fingerprint density at radius 3 is 2.77 bits per heavy atom. The molecule has 0 N–H and O–H groups in total. The molecule has 0 amide bonds. The second-order valence-corrected chi connectivity index (χ2v) is 8.19. The molecule has 0 aromatic heterocycles. The van der Waals surface area contributed by atoms with Crippen LogP contribution in [0.2, 0.25) is 0 Å². The van der Waals surface area contributed by atoms with Gasteiger partial charge in [0.05, 0.1) is 0 Å². The van der Waals surface area contributed by atoms with E-state index >= 15 is 0 Å². The lowest BCUT2D eigenvalue weighted by atomic mass is 9.53. The molecule has 26 heavy (non-hydrogen) atoms. The molecule has 144 valence electrons. The van der Waals surface area contributed by atoms with Crippen LogP contribution in [0.4, 0.5) is 0 Å². The van der Waals surface area contributed by atoms with Crippen LogP contribution in [0.25, 0.3) is 0 Å². The van der Waals surface area contributed by atoms with Gasteiger partial charge in [-0.15, -0.1) is 0 Å². The molecule has 1 saturated carbocycles. The van der Waals surface area contributed by atoms with E-state index in [1.54, 1.807) is 6.92 Å². The van der Waals surface area contributed by atoms with Gasteiger partial charge in [0.15, 0.2) is 0 Å². The number of hydrogen-bond donors (Lipinski definition) is 0. The average Bonchev–Trinajstić information content (AvgIpc) is 2.59. The van der Waals surface area contributed by atoms with Gasteiger partial charge in [0, 0.05) is 5.41 Å². The third kappa shape index (κ3) is 3.61. The van der Waals surface area contributed by atoms with Crippen LogP contribution in [0, 0.1) is 27.4 Å². The second kappa shape index (κ2) is 7.99. The second-order valence-electron chi connectivity index (χ2n) is 7.58. The highest BCUT2D eigenvalue weighted by atomic mass is 32.2. The topological polar surface area (TPSA) is 69.4 Å². The number of carbonyl (C=O) groups excluding carboxylic acids is 1. The Hall–Kier alpha value is -1.56. The highest BCUT2D eigenvalue weighted by molar-refractivity contribution is 7.88. The molecule has 0 aliphatic heterocycles. The molecular formula is C20H29NO4S. The predicted octanol–water partition coefficient (Wildman–Crippen LogP) is 5.60. The Bertz CT molecular complexity index is 692. The van der Waals surface area contributed by atoms with Crippen LogP contribution in [0.5, 0.6) is 5.75 Å².